The first-order valence-electron chi connectivity index (χ1n) is 10.7. The number of nitrogens with one attached hydrogen (secondary N) is 2. The number of carbonyl (C=O) groups excluding carboxylic acids is 1. The van der Waals surface area contributed by atoms with Gasteiger partial charge in [0.2, 0.25) is 15.9 Å². The van der Waals surface area contributed by atoms with E-state index in [-0.39, 0.29) is 17.4 Å². The summed E-state index contributed by atoms with van der Waals surface area (Å²) in [6, 6.07) is 10.1. The van der Waals surface area contributed by atoms with Crippen molar-refractivity contribution in [1.82, 2.24) is 10.0 Å². The second-order valence-corrected chi connectivity index (χ2v) is 9.75. The van der Waals surface area contributed by atoms with Crippen molar-refractivity contribution in [3.8, 4) is 17.2 Å². The van der Waals surface area contributed by atoms with Crippen LogP contribution in [0.15, 0.2) is 47.4 Å². The third-order valence-electron chi connectivity index (χ3n) is 5.23. The highest BCUT2D eigenvalue weighted by Gasteiger charge is 2.29. The maximum Gasteiger partial charge on any atom is 0.241 e. The van der Waals surface area contributed by atoms with Gasteiger partial charge in [-0.3, -0.25) is 4.79 Å². The Hall–Kier alpha value is -2.82. The molecule has 0 aromatic heterocycles. The maximum absolute atomic E-state index is 13.0. The lowest BCUT2D eigenvalue weighted by Crippen LogP contribution is -2.50. The zero-order valence-corrected chi connectivity index (χ0v) is 19.7. The van der Waals surface area contributed by atoms with Gasteiger partial charge in [0.15, 0.2) is 11.5 Å². The summed E-state index contributed by atoms with van der Waals surface area (Å²) in [4.78, 5) is 12.8. The Morgan fingerprint density at radius 1 is 1.09 bits per heavy atom. The molecule has 0 fully saturated rings. The van der Waals surface area contributed by atoms with Crippen molar-refractivity contribution in [2.75, 3.05) is 26.9 Å². The third kappa shape index (κ3) is 6.37. The number of benzene rings is 2. The van der Waals surface area contributed by atoms with Crippen LogP contribution in [0.2, 0.25) is 0 Å². The molecular weight excluding hydrogens is 448 g/mol. The molecule has 1 aliphatic heterocycles. The van der Waals surface area contributed by atoms with Gasteiger partial charge in [-0.1, -0.05) is 26.0 Å². The number of ether oxygens (including phenoxy) is 3. The number of carbonyl (C=O) groups is 1. The smallest absolute Gasteiger partial charge is 0.241 e. The van der Waals surface area contributed by atoms with E-state index in [0.717, 1.165) is 0 Å². The molecule has 1 amide bonds. The second-order valence-electron chi connectivity index (χ2n) is 8.04. The fourth-order valence-electron chi connectivity index (χ4n) is 3.29. The molecule has 10 heteroatoms. The van der Waals surface area contributed by atoms with Gasteiger partial charge in [-0.25, -0.2) is 8.42 Å². The lowest BCUT2D eigenvalue weighted by atomic mass is 10.0. The van der Waals surface area contributed by atoms with E-state index in [9.17, 15) is 18.3 Å². The van der Waals surface area contributed by atoms with Gasteiger partial charge in [-0.15, -0.1) is 0 Å². The van der Waals surface area contributed by atoms with Crippen LogP contribution in [-0.4, -0.2) is 52.3 Å². The lowest BCUT2D eigenvalue weighted by Gasteiger charge is -2.23. The average Bonchev–Trinajstić information content (AvgIpc) is 3.05. The number of aliphatic hydroxyl groups excluding tert-OH is 1. The van der Waals surface area contributed by atoms with Crippen molar-refractivity contribution >= 4 is 15.9 Å². The van der Waals surface area contributed by atoms with Crippen LogP contribution >= 0.6 is 0 Å². The highest BCUT2D eigenvalue weighted by atomic mass is 32.2. The number of sulfonamides is 1. The Bertz CT molecular complexity index is 1050. The quantitative estimate of drug-likeness (QED) is 0.504. The van der Waals surface area contributed by atoms with Gasteiger partial charge >= 0.3 is 0 Å². The molecule has 0 saturated heterocycles. The minimum absolute atomic E-state index is 0.0246. The number of hydrogen-bond acceptors (Lipinski definition) is 7. The van der Waals surface area contributed by atoms with E-state index in [0.29, 0.717) is 42.4 Å². The van der Waals surface area contributed by atoms with E-state index >= 15 is 0 Å². The van der Waals surface area contributed by atoms with Gasteiger partial charge in [0.25, 0.3) is 0 Å². The summed E-state index contributed by atoms with van der Waals surface area (Å²) in [6.45, 7) is 4.33. The van der Waals surface area contributed by atoms with Gasteiger partial charge in [0.05, 0.1) is 31.3 Å². The molecule has 2 aromatic rings. The Morgan fingerprint density at radius 3 is 2.39 bits per heavy atom. The fourth-order valence-corrected chi connectivity index (χ4v) is 4.65. The number of methoxy groups -OCH3 is 1. The van der Waals surface area contributed by atoms with Crippen molar-refractivity contribution < 1.29 is 32.5 Å². The van der Waals surface area contributed by atoms with Gasteiger partial charge in [-0.2, -0.15) is 4.72 Å². The van der Waals surface area contributed by atoms with E-state index in [1.165, 1.54) is 12.1 Å². The normalized spacial score (nSPS) is 15.4. The van der Waals surface area contributed by atoms with Crippen LogP contribution in [0, 0.1) is 5.92 Å². The van der Waals surface area contributed by atoms with Crippen LogP contribution in [0.25, 0.3) is 0 Å². The Morgan fingerprint density at radius 2 is 1.76 bits per heavy atom. The topological polar surface area (TPSA) is 123 Å². The van der Waals surface area contributed by atoms with Crippen molar-refractivity contribution in [1.29, 1.82) is 0 Å². The monoisotopic (exact) mass is 478 g/mol. The molecule has 1 heterocycles. The van der Waals surface area contributed by atoms with Crippen molar-refractivity contribution in [2.45, 2.75) is 37.3 Å². The summed E-state index contributed by atoms with van der Waals surface area (Å²) < 4.78 is 44.7. The van der Waals surface area contributed by atoms with Crippen molar-refractivity contribution in [2.24, 2.45) is 5.92 Å². The molecule has 33 heavy (non-hydrogen) atoms. The molecule has 180 valence electrons. The predicted octanol–water partition coefficient (Wildman–Crippen LogP) is 2.01. The summed E-state index contributed by atoms with van der Waals surface area (Å²) in [6.07, 6.45) is -0.251. The molecule has 0 bridgehead atoms. The zero-order chi connectivity index (χ0) is 24.0. The highest BCUT2D eigenvalue weighted by Crippen LogP contribution is 2.32. The molecule has 2 unspecified atom stereocenters. The minimum Gasteiger partial charge on any atom is -0.497 e. The van der Waals surface area contributed by atoms with E-state index in [1.54, 1.807) is 51.3 Å². The van der Waals surface area contributed by atoms with Crippen LogP contribution in [0.5, 0.6) is 17.2 Å². The third-order valence-corrected chi connectivity index (χ3v) is 6.67. The first-order valence-corrected chi connectivity index (χ1v) is 12.2. The molecule has 0 aliphatic carbocycles. The fraction of sp³-hybridized carbons (Fsp3) is 0.435. The summed E-state index contributed by atoms with van der Waals surface area (Å²) in [5.41, 5.74) is 0.602. The highest BCUT2D eigenvalue weighted by molar-refractivity contribution is 7.89. The van der Waals surface area contributed by atoms with Gasteiger partial charge in [-0.05, 0) is 35.7 Å². The van der Waals surface area contributed by atoms with Gasteiger partial charge in [0, 0.05) is 19.0 Å². The number of amides is 1. The first kappa shape index (κ1) is 24.8. The zero-order valence-electron chi connectivity index (χ0n) is 18.9. The molecule has 0 spiro atoms. The van der Waals surface area contributed by atoms with Crippen LogP contribution in [0.3, 0.4) is 0 Å². The number of hydrogen-bond donors (Lipinski definition) is 3. The molecular formula is C23H30N2O7S. The molecule has 9 nitrogen and oxygen atoms in total. The van der Waals surface area contributed by atoms with Crippen molar-refractivity contribution in [3.05, 3.63) is 48.0 Å². The van der Waals surface area contributed by atoms with E-state index in [1.807, 2.05) is 0 Å². The van der Waals surface area contributed by atoms with Crippen molar-refractivity contribution in [3.63, 3.8) is 0 Å². The Balaban J connectivity index is 1.67. The Labute approximate surface area is 194 Å². The molecule has 2 atom stereocenters. The van der Waals surface area contributed by atoms with Gasteiger partial charge < -0.3 is 24.6 Å². The summed E-state index contributed by atoms with van der Waals surface area (Å²) >= 11 is 0. The van der Waals surface area contributed by atoms with Crippen LogP contribution < -0.4 is 24.2 Å². The molecule has 3 rings (SSSR count). The molecule has 0 saturated carbocycles. The van der Waals surface area contributed by atoms with Crippen LogP contribution in [-0.2, 0) is 14.8 Å². The number of aliphatic hydroxyl groups is 1. The minimum atomic E-state index is -4.02. The van der Waals surface area contributed by atoms with Crippen LogP contribution in [0.1, 0.15) is 31.9 Å². The summed E-state index contributed by atoms with van der Waals surface area (Å²) in [7, 11) is -2.47. The van der Waals surface area contributed by atoms with E-state index in [2.05, 4.69) is 10.0 Å². The Kier molecular flexibility index (Phi) is 8.17. The summed E-state index contributed by atoms with van der Waals surface area (Å²) in [5.74, 6) is 0.619. The summed E-state index contributed by atoms with van der Waals surface area (Å²) in [5, 5.41) is 13.0. The SMILES string of the molecule is COc1ccc(C(O)CNC(=O)C(NS(=O)(=O)c2ccc3c(c2)OCCCO3)C(C)C)cc1. The second kappa shape index (κ2) is 10.9. The molecule has 2 aromatic carbocycles. The number of rotatable bonds is 9. The number of fused-ring (bicyclic) bond motifs is 1. The molecule has 0 radical (unpaired) electrons. The van der Waals surface area contributed by atoms with E-state index < -0.39 is 28.1 Å². The maximum atomic E-state index is 13.0. The predicted molar refractivity (Wildman–Crippen MR) is 122 cm³/mol. The first-order chi connectivity index (χ1) is 15.7. The lowest BCUT2D eigenvalue weighted by molar-refractivity contribution is -0.124. The van der Waals surface area contributed by atoms with E-state index in [4.69, 9.17) is 14.2 Å². The molecule has 3 N–H and O–H groups in total. The van der Waals surface area contributed by atoms with Crippen LogP contribution in [0.4, 0.5) is 0 Å². The molecule has 1 aliphatic rings. The van der Waals surface area contributed by atoms with Gasteiger partial charge in [0.1, 0.15) is 11.8 Å². The largest absolute Gasteiger partial charge is 0.497 e. The standard InChI is InChI=1S/C23H30N2O7S/c1-15(2)22(23(27)24-14-19(26)16-5-7-17(30-3)8-6-16)25-33(28,29)18-9-10-20-21(13-18)32-12-4-11-31-20/h5-10,13,15,19,22,25-26H,4,11-12,14H2,1-3H3,(H,24,27). The average molecular weight is 479 g/mol.